The van der Waals surface area contributed by atoms with E-state index >= 15 is 0 Å². The van der Waals surface area contributed by atoms with Crippen molar-refractivity contribution >= 4 is 23.0 Å². The Morgan fingerprint density at radius 2 is 2.00 bits per heavy atom. The van der Waals surface area contributed by atoms with Gasteiger partial charge in [0.2, 0.25) is 0 Å². The highest BCUT2D eigenvalue weighted by Crippen LogP contribution is 2.30. The van der Waals surface area contributed by atoms with Gasteiger partial charge >= 0.3 is 0 Å². The minimum atomic E-state index is -0.0680. The first kappa shape index (κ1) is 9.95. The number of anilines is 2. The Labute approximate surface area is 81.1 Å². The highest BCUT2D eigenvalue weighted by Gasteiger charge is 2.04. The SMILES string of the molecule is Nc1cc(N)c(OCCO)cc1Cl. The smallest absolute Gasteiger partial charge is 0.143 e. The molecule has 5 N–H and O–H groups in total. The van der Waals surface area contributed by atoms with Crippen LogP contribution < -0.4 is 16.2 Å². The van der Waals surface area contributed by atoms with Gasteiger partial charge in [0, 0.05) is 6.07 Å². The lowest BCUT2D eigenvalue weighted by Gasteiger charge is -2.08. The number of nitrogens with two attached hydrogens (primary N) is 2. The van der Waals surface area contributed by atoms with Crippen molar-refractivity contribution in [1.29, 1.82) is 0 Å². The van der Waals surface area contributed by atoms with Gasteiger partial charge in [0.1, 0.15) is 12.4 Å². The van der Waals surface area contributed by atoms with E-state index in [2.05, 4.69) is 0 Å². The molecule has 1 rings (SSSR count). The van der Waals surface area contributed by atoms with Crippen molar-refractivity contribution in [3.8, 4) is 5.75 Å². The van der Waals surface area contributed by atoms with Crippen LogP contribution in [0.4, 0.5) is 11.4 Å². The fourth-order valence-corrected chi connectivity index (χ4v) is 1.02. The molecule has 0 aliphatic carbocycles. The Kier molecular flexibility index (Phi) is 3.22. The van der Waals surface area contributed by atoms with E-state index in [9.17, 15) is 0 Å². The maximum Gasteiger partial charge on any atom is 0.143 e. The number of halogens is 1. The molecule has 0 atom stereocenters. The maximum atomic E-state index is 8.52. The molecule has 0 heterocycles. The Hall–Kier alpha value is -1.13. The number of nitrogen functional groups attached to an aromatic ring is 2. The van der Waals surface area contributed by atoms with Crippen LogP contribution in [0.2, 0.25) is 5.02 Å². The van der Waals surface area contributed by atoms with Gasteiger partial charge in [-0.2, -0.15) is 0 Å². The second kappa shape index (κ2) is 4.20. The van der Waals surface area contributed by atoms with Gasteiger partial charge < -0.3 is 21.3 Å². The fraction of sp³-hybridized carbons (Fsp3) is 0.250. The molecule has 5 heteroatoms. The third-order valence-corrected chi connectivity index (χ3v) is 1.81. The van der Waals surface area contributed by atoms with E-state index in [0.29, 0.717) is 22.1 Å². The van der Waals surface area contributed by atoms with Crippen LogP contribution in [0, 0.1) is 0 Å². The fourth-order valence-electron chi connectivity index (χ4n) is 0.870. The molecule has 0 unspecified atom stereocenters. The van der Waals surface area contributed by atoms with Gasteiger partial charge in [-0.1, -0.05) is 11.6 Å². The highest BCUT2D eigenvalue weighted by molar-refractivity contribution is 6.33. The number of hydrogen-bond donors (Lipinski definition) is 3. The molecular weight excluding hydrogens is 192 g/mol. The molecule has 4 nitrogen and oxygen atoms in total. The van der Waals surface area contributed by atoms with E-state index in [1.165, 1.54) is 12.1 Å². The van der Waals surface area contributed by atoms with Gasteiger partial charge in [-0.15, -0.1) is 0 Å². The monoisotopic (exact) mass is 202 g/mol. The van der Waals surface area contributed by atoms with Crippen LogP contribution in [0.1, 0.15) is 0 Å². The molecule has 1 aromatic carbocycles. The predicted octanol–water partition coefficient (Wildman–Crippen LogP) is 0.875. The van der Waals surface area contributed by atoms with E-state index in [-0.39, 0.29) is 13.2 Å². The van der Waals surface area contributed by atoms with Crippen LogP contribution in [0.5, 0.6) is 5.75 Å². The van der Waals surface area contributed by atoms with Crippen LogP contribution in [-0.2, 0) is 0 Å². The number of rotatable bonds is 3. The van der Waals surface area contributed by atoms with Gasteiger partial charge in [-0.3, -0.25) is 0 Å². The number of ether oxygens (including phenoxy) is 1. The number of aliphatic hydroxyl groups excluding tert-OH is 1. The Bertz CT molecular complexity index is 304. The summed E-state index contributed by atoms with van der Waals surface area (Å²) in [6.07, 6.45) is 0. The van der Waals surface area contributed by atoms with Gasteiger partial charge in [0.15, 0.2) is 0 Å². The van der Waals surface area contributed by atoms with Crippen LogP contribution in [0.3, 0.4) is 0 Å². The zero-order valence-corrected chi connectivity index (χ0v) is 7.71. The normalized spacial score (nSPS) is 10.0. The zero-order valence-electron chi connectivity index (χ0n) is 6.96. The second-order valence-electron chi connectivity index (χ2n) is 2.48. The van der Waals surface area contributed by atoms with Crippen molar-refractivity contribution in [1.82, 2.24) is 0 Å². The summed E-state index contributed by atoms with van der Waals surface area (Å²) >= 11 is 5.74. The Morgan fingerprint density at radius 3 is 2.62 bits per heavy atom. The van der Waals surface area contributed by atoms with Crippen molar-refractivity contribution in [3.05, 3.63) is 17.2 Å². The topological polar surface area (TPSA) is 81.5 Å². The third-order valence-electron chi connectivity index (χ3n) is 1.48. The van der Waals surface area contributed by atoms with E-state index in [1.807, 2.05) is 0 Å². The average Bonchev–Trinajstić information content (AvgIpc) is 2.09. The van der Waals surface area contributed by atoms with Crippen molar-refractivity contribution in [3.63, 3.8) is 0 Å². The Morgan fingerprint density at radius 1 is 1.31 bits per heavy atom. The summed E-state index contributed by atoms with van der Waals surface area (Å²) in [6.45, 7) is 0.117. The van der Waals surface area contributed by atoms with Crippen LogP contribution in [-0.4, -0.2) is 18.3 Å². The van der Waals surface area contributed by atoms with Gasteiger partial charge in [-0.05, 0) is 6.07 Å². The van der Waals surface area contributed by atoms with E-state index < -0.39 is 0 Å². The summed E-state index contributed by atoms with van der Waals surface area (Å²) < 4.78 is 5.11. The summed E-state index contributed by atoms with van der Waals surface area (Å²) in [5, 5.41) is 8.91. The first-order chi connectivity index (χ1) is 6.15. The molecular formula is C8H11ClN2O2. The first-order valence-electron chi connectivity index (χ1n) is 3.73. The Balaban J connectivity index is 2.88. The lowest BCUT2D eigenvalue weighted by Crippen LogP contribution is -2.04. The van der Waals surface area contributed by atoms with Crippen LogP contribution >= 0.6 is 11.6 Å². The van der Waals surface area contributed by atoms with Gasteiger partial charge in [0.05, 0.1) is 23.0 Å². The molecule has 1 aromatic rings. The van der Waals surface area contributed by atoms with Gasteiger partial charge in [0.25, 0.3) is 0 Å². The summed E-state index contributed by atoms with van der Waals surface area (Å²) in [5.74, 6) is 0.438. The largest absolute Gasteiger partial charge is 0.489 e. The minimum absolute atomic E-state index is 0.0680. The lowest BCUT2D eigenvalue weighted by atomic mass is 10.2. The molecule has 0 radical (unpaired) electrons. The first-order valence-corrected chi connectivity index (χ1v) is 4.11. The minimum Gasteiger partial charge on any atom is -0.489 e. The summed E-state index contributed by atoms with van der Waals surface area (Å²) in [5.41, 5.74) is 11.9. The average molecular weight is 203 g/mol. The molecule has 13 heavy (non-hydrogen) atoms. The van der Waals surface area contributed by atoms with Crippen LogP contribution in [0.25, 0.3) is 0 Å². The van der Waals surface area contributed by atoms with E-state index in [1.54, 1.807) is 0 Å². The summed E-state index contributed by atoms with van der Waals surface area (Å²) in [7, 11) is 0. The molecule has 0 fully saturated rings. The van der Waals surface area contributed by atoms with Gasteiger partial charge in [-0.25, -0.2) is 0 Å². The number of aliphatic hydroxyl groups is 1. The molecule has 0 saturated carbocycles. The highest BCUT2D eigenvalue weighted by atomic mass is 35.5. The molecule has 72 valence electrons. The summed E-state index contributed by atoms with van der Waals surface area (Å²) in [4.78, 5) is 0. The van der Waals surface area contributed by atoms with E-state index in [0.717, 1.165) is 0 Å². The summed E-state index contributed by atoms with van der Waals surface area (Å²) in [6, 6.07) is 3.05. The van der Waals surface area contributed by atoms with E-state index in [4.69, 9.17) is 32.9 Å². The van der Waals surface area contributed by atoms with Crippen LogP contribution in [0.15, 0.2) is 12.1 Å². The predicted molar refractivity (Wildman–Crippen MR) is 52.9 cm³/mol. The quantitative estimate of drug-likeness (QED) is 0.636. The van der Waals surface area contributed by atoms with Crippen molar-refractivity contribution in [2.24, 2.45) is 0 Å². The molecule has 0 aliphatic heterocycles. The molecule has 0 aromatic heterocycles. The standard InChI is InChI=1S/C8H11ClN2O2/c9-5-3-8(13-2-1-12)7(11)4-6(5)10/h3-4,12H,1-2,10-11H2. The van der Waals surface area contributed by atoms with Crippen molar-refractivity contribution in [2.75, 3.05) is 24.7 Å². The number of hydrogen-bond acceptors (Lipinski definition) is 4. The molecule has 0 bridgehead atoms. The maximum absolute atomic E-state index is 8.52. The number of benzene rings is 1. The molecule has 0 spiro atoms. The molecule has 0 saturated heterocycles. The lowest BCUT2D eigenvalue weighted by molar-refractivity contribution is 0.202. The molecule has 0 amide bonds. The third kappa shape index (κ3) is 2.40. The zero-order chi connectivity index (χ0) is 9.84. The van der Waals surface area contributed by atoms with Crippen molar-refractivity contribution in [2.45, 2.75) is 0 Å². The second-order valence-corrected chi connectivity index (χ2v) is 2.89. The van der Waals surface area contributed by atoms with Crippen molar-refractivity contribution < 1.29 is 9.84 Å². The molecule has 0 aliphatic rings.